The van der Waals surface area contributed by atoms with E-state index in [0.717, 1.165) is 45.2 Å². The molecule has 104 valence electrons. The molecule has 0 aromatic carbocycles. The highest BCUT2D eigenvalue weighted by Gasteiger charge is 2.58. The molecule has 3 aliphatic rings. The molecular formula is C12H22N2O3S. The fourth-order valence-electron chi connectivity index (χ4n) is 3.58. The predicted octanol–water partition coefficient (Wildman–Crippen LogP) is 0.227. The van der Waals surface area contributed by atoms with E-state index in [-0.39, 0.29) is 5.54 Å². The Kier molecular flexibility index (Phi) is 2.97. The summed E-state index contributed by atoms with van der Waals surface area (Å²) >= 11 is 0. The molecule has 0 spiro atoms. The zero-order valence-electron chi connectivity index (χ0n) is 10.9. The van der Waals surface area contributed by atoms with Crippen LogP contribution in [-0.4, -0.2) is 45.5 Å². The number of sulfonamides is 1. The molecule has 0 unspecified atom stereocenters. The van der Waals surface area contributed by atoms with Gasteiger partial charge in [0.2, 0.25) is 10.0 Å². The quantitative estimate of drug-likeness (QED) is 0.753. The second-order valence-electron chi connectivity index (χ2n) is 6.10. The summed E-state index contributed by atoms with van der Waals surface area (Å²) in [7, 11) is -1.70. The molecule has 1 saturated heterocycles. The van der Waals surface area contributed by atoms with Gasteiger partial charge in [-0.05, 0) is 38.1 Å². The Balaban J connectivity index is 1.80. The van der Waals surface area contributed by atoms with Gasteiger partial charge in [0, 0.05) is 19.2 Å². The van der Waals surface area contributed by atoms with Crippen LogP contribution in [0.5, 0.6) is 0 Å². The number of nitrogens with one attached hydrogen (secondary N) is 2. The minimum absolute atomic E-state index is 0.220. The molecule has 2 saturated carbocycles. The Morgan fingerprint density at radius 3 is 2.83 bits per heavy atom. The van der Waals surface area contributed by atoms with Crippen LogP contribution in [0.3, 0.4) is 0 Å². The van der Waals surface area contributed by atoms with Crippen LogP contribution in [0.2, 0.25) is 0 Å². The summed E-state index contributed by atoms with van der Waals surface area (Å²) in [4.78, 5) is 0. The van der Waals surface area contributed by atoms with E-state index in [1.807, 2.05) is 0 Å². The first kappa shape index (κ1) is 12.8. The van der Waals surface area contributed by atoms with E-state index in [9.17, 15) is 8.42 Å². The lowest BCUT2D eigenvalue weighted by atomic mass is 9.92. The van der Waals surface area contributed by atoms with E-state index in [1.165, 1.54) is 0 Å². The van der Waals surface area contributed by atoms with Gasteiger partial charge in [-0.2, -0.15) is 0 Å². The van der Waals surface area contributed by atoms with Crippen molar-refractivity contribution in [2.45, 2.75) is 42.4 Å². The summed E-state index contributed by atoms with van der Waals surface area (Å²) in [6.07, 6.45) is 4.68. The van der Waals surface area contributed by atoms with Gasteiger partial charge in [-0.1, -0.05) is 6.42 Å². The molecule has 0 aromatic heterocycles. The Hall–Kier alpha value is -0.170. The SMILES string of the molecule is COCC1(S(=O)(=O)N[C@]23CCC[C@H]2CNC3)CC1. The molecular weight excluding hydrogens is 252 g/mol. The van der Waals surface area contributed by atoms with Gasteiger partial charge in [0.1, 0.15) is 4.75 Å². The van der Waals surface area contributed by atoms with E-state index in [2.05, 4.69) is 10.0 Å². The Labute approximate surface area is 109 Å². The van der Waals surface area contributed by atoms with Crippen LogP contribution in [0.1, 0.15) is 32.1 Å². The van der Waals surface area contributed by atoms with Crippen LogP contribution in [0.4, 0.5) is 0 Å². The lowest BCUT2D eigenvalue weighted by molar-refractivity contribution is 0.190. The smallest absolute Gasteiger partial charge is 0.220 e. The first-order chi connectivity index (χ1) is 8.54. The van der Waals surface area contributed by atoms with Crippen LogP contribution in [0.15, 0.2) is 0 Å². The average molecular weight is 274 g/mol. The van der Waals surface area contributed by atoms with Gasteiger partial charge in [0.25, 0.3) is 0 Å². The van der Waals surface area contributed by atoms with Crippen molar-refractivity contribution >= 4 is 10.0 Å². The maximum absolute atomic E-state index is 12.6. The monoisotopic (exact) mass is 274 g/mol. The highest BCUT2D eigenvalue weighted by molar-refractivity contribution is 7.91. The standard InChI is InChI=1S/C12H22N2O3S/c1-17-9-11(5-6-11)18(15,16)14-12-4-2-3-10(12)7-13-8-12/h10,13-14H,2-9H2,1H3/t10-,12-/m0/s1. The fraction of sp³-hybridized carbons (Fsp3) is 1.00. The number of hydrogen-bond donors (Lipinski definition) is 2. The molecule has 0 amide bonds. The van der Waals surface area contributed by atoms with Gasteiger partial charge in [-0.3, -0.25) is 0 Å². The Bertz CT molecular complexity index is 421. The van der Waals surface area contributed by atoms with E-state index >= 15 is 0 Å². The van der Waals surface area contributed by atoms with Gasteiger partial charge in [-0.25, -0.2) is 13.1 Å². The summed E-state index contributed by atoms with van der Waals surface area (Å²) < 4.78 is 32.7. The van der Waals surface area contributed by atoms with Crippen molar-refractivity contribution in [1.82, 2.24) is 10.0 Å². The van der Waals surface area contributed by atoms with E-state index in [4.69, 9.17) is 4.74 Å². The zero-order valence-corrected chi connectivity index (χ0v) is 11.7. The summed E-state index contributed by atoms with van der Waals surface area (Å²) in [5.74, 6) is 0.464. The van der Waals surface area contributed by atoms with E-state index in [1.54, 1.807) is 7.11 Å². The molecule has 2 aliphatic carbocycles. The molecule has 18 heavy (non-hydrogen) atoms. The zero-order chi connectivity index (χ0) is 12.9. The molecule has 2 atom stereocenters. The van der Waals surface area contributed by atoms with Crippen molar-refractivity contribution in [3.05, 3.63) is 0 Å². The normalized spacial score (nSPS) is 37.7. The summed E-state index contributed by atoms with van der Waals surface area (Å²) in [6.45, 7) is 2.04. The number of methoxy groups -OCH3 is 1. The van der Waals surface area contributed by atoms with Crippen molar-refractivity contribution in [3.8, 4) is 0 Å². The lowest BCUT2D eigenvalue weighted by Gasteiger charge is -2.31. The molecule has 0 radical (unpaired) electrons. The minimum atomic E-state index is -3.27. The van der Waals surface area contributed by atoms with Crippen molar-refractivity contribution in [3.63, 3.8) is 0 Å². The summed E-state index contributed by atoms with van der Waals surface area (Å²) in [5, 5.41) is 3.33. The molecule has 6 heteroatoms. The van der Waals surface area contributed by atoms with Crippen LogP contribution >= 0.6 is 0 Å². The Morgan fingerprint density at radius 2 is 2.17 bits per heavy atom. The second kappa shape index (κ2) is 4.16. The van der Waals surface area contributed by atoms with Crippen LogP contribution in [0.25, 0.3) is 0 Å². The molecule has 0 bridgehead atoms. The third-order valence-electron chi connectivity index (χ3n) is 4.91. The third kappa shape index (κ3) is 1.81. The largest absolute Gasteiger partial charge is 0.383 e. The number of fused-ring (bicyclic) bond motifs is 1. The maximum Gasteiger partial charge on any atom is 0.220 e. The molecule has 2 N–H and O–H groups in total. The summed E-state index contributed by atoms with van der Waals surface area (Å²) in [6, 6.07) is 0. The minimum Gasteiger partial charge on any atom is -0.383 e. The molecule has 3 rings (SSSR count). The maximum atomic E-state index is 12.6. The molecule has 5 nitrogen and oxygen atoms in total. The van der Waals surface area contributed by atoms with Gasteiger partial charge >= 0.3 is 0 Å². The Morgan fingerprint density at radius 1 is 1.39 bits per heavy atom. The number of hydrogen-bond acceptors (Lipinski definition) is 4. The molecule has 0 aromatic rings. The van der Waals surface area contributed by atoms with E-state index in [0.29, 0.717) is 12.5 Å². The molecule has 1 heterocycles. The van der Waals surface area contributed by atoms with Gasteiger partial charge in [0.05, 0.1) is 6.61 Å². The van der Waals surface area contributed by atoms with Crippen LogP contribution in [-0.2, 0) is 14.8 Å². The summed E-state index contributed by atoms with van der Waals surface area (Å²) in [5.41, 5.74) is -0.220. The predicted molar refractivity (Wildman–Crippen MR) is 68.8 cm³/mol. The highest BCUT2D eigenvalue weighted by Crippen LogP contribution is 2.46. The van der Waals surface area contributed by atoms with Gasteiger partial charge in [0.15, 0.2) is 0 Å². The average Bonchev–Trinajstić information content (AvgIpc) is 2.84. The third-order valence-corrected chi connectivity index (χ3v) is 7.25. The second-order valence-corrected chi connectivity index (χ2v) is 8.17. The molecule has 1 aliphatic heterocycles. The number of ether oxygens (including phenoxy) is 1. The van der Waals surface area contributed by atoms with Crippen molar-refractivity contribution < 1.29 is 13.2 Å². The fourth-order valence-corrected chi connectivity index (χ4v) is 5.59. The topological polar surface area (TPSA) is 67.4 Å². The first-order valence-electron chi connectivity index (χ1n) is 6.77. The van der Waals surface area contributed by atoms with Crippen LogP contribution in [0, 0.1) is 5.92 Å². The van der Waals surface area contributed by atoms with Gasteiger partial charge in [-0.15, -0.1) is 0 Å². The van der Waals surface area contributed by atoms with Crippen molar-refractivity contribution in [1.29, 1.82) is 0 Å². The lowest BCUT2D eigenvalue weighted by Crippen LogP contribution is -2.55. The van der Waals surface area contributed by atoms with Gasteiger partial charge < -0.3 is 10.1 Å². The van der Waals surface area contributed by atoms with E-state index < -0.39 is 14.8 Å². The highest BCUT2D eigenvalue weighted by atomic mass is 32.2. The molecule has 3 fully saturated rings. The number of rotatable bonds is 5. The van der Waals surface area contributed by atoms with Crippen LogP contribution < -0.4 is 10.0 Å². The van der Waals surface area contributed by atoms with Crippen molar-refractivity contribution in [2.24, 2.45) is 5.92 Å². The van der Waals surface area contributed by atoms with Crippen molar-refractivity contribution in [2.75, 3.05) is 26.8 Å². The first-order valence-corrected chi connectivity index (χ1v) is 8.25.